The first-order chi connectivity index (χ1) is 8.70. The van der Waals surface area contributed by atoms with Crippen molar-refractivity contribution in [2.24, 2.45) is 0 Å². The normalized spacial score (nSPS) is 11.2. The minimum absolute atomic E-state index is 0.853. The van der Waals surface area contributed by atoms with Crippen LogP contribution in [0, 0.1) is 6.92 Å². The van der Waals surface area contributed by atoms with Gasteiger partial charge in [0.25, 0.3) is 0 Å². The van der Waals surface area contributed by atoms with E-state index in [0.29, 0.717) is 0 Å². The third-order valence-corrected chi connectivity index (χ3v) is 5.05. The summed E-state index contributed by atoms with van der Waals surface area (Å²) in [4.78, 5) is 9.01. The first-order valence-electron chi connectivity index (χ1n) is 5.39. The zero-order valence-corrected chi connectivity index (χ0v) is 12.8. The van der Waals surface area contributed by atoms with Crippen LogP contribution in [0.1, 0.15) is 11.4 Å². The molecule has 0 aliphatic heterocycles. The highest BCUT2D eigenvalue weighted by Crippen LogP contribution is 2.26. The van der Waals surface area contributed by atoms with Gasteiger partial charge in [-0.3, -0.25) is 0 Å². The Bertz CT molecular complexity index is 690. The van der Waals surface area contributed by atoms with Crippen LogP contribution in [0.5, 0.6) is 0 Å². The maximum Gasteiger partial charge on any atom is 0.150 e. The summed E-state index contributed by atoms with van der Waals surface area (Å²) in [6, 6.07) is 4.01. The first-order valence-corrected chi connectivity index (χ1v) is 8.04. The van der Waals surface area contributed by atoms with Gasteiger partial charge in [-0.2, -0.15) is 0 Å². The van der Waals surface area contributed by atoms with Gasteiger partial charge in [-0.05, 0) is 35.0 Å². The summed E-state index contributed by atoms with van der Waals surface area (Å²) < 4.78 is 4.19. The highest BCUT2D eigenvalue weighted by atomic mass is 79.9. The largest absolute Gasteiger partial charge is 0.306 e. The molecular weight excluding hydrogens is 330 g/mol. The second kappa shape index (κ2) is 5.03. The first kappa shape index (κ1) is 12.2. The van der Waals surface area contributed by atoms with E-state index in [1.807, 2.05) is 29.7 Å². The van der Waals surface area contributed by atoms with Gasteiger partial charge in [-0.25, -0.2) is 9.97 Å². The van der Waals surface area contributed by atoms with Crippen molar-refractivity contribution < 1.29 is 0 Å². The Balaban J connectivity index is 1.78. The van der Waals surface area contributed by atoms with Crippen molar-refractivity contribution >= 4 is 44.7 Å². The van der Waals surface area contributed by atoms with Crippen LogP contribution in [0.25, 0.3) is 5.65 Å². The molecule has 0 bridgehead atoms. The van der Waals surface area contributed by atoms with E-state index in [-0.39, 0.29) is 0 Å². The molecule has 92 valence electrons. The predicted molar refractivity (Wildman–Crippen MR) is 79.3 cm³/mol. The Morgan fingerprint density at radius 2 is 2.22 bits per heavy atom. The fourth-order valence-electron chi connectivity index (χ4n) is 1.62. The number of aromatic nitrogens is 3. The summed E-state index contributed by atoms with van der Waals surface area (Å²) in [7, 11) is 0. The summed E-state index contributed by atoms with van der Waals surface area (Å²) in [5, 5.41) is 2.07. The summed E-state index contributed by atoms with van der Waals surface area (Å²) in [6.45, 7) is 2.02. The molecule has 0 N–H and O–H groups in total. The van der Waals surface area contributed by atoms with Crippen LogP contribution in [-0.4, -0.2) is 14.4 Å². The summed E-state index contributed by atoms with van der Waals surface area (Å²) in [5.41, 5.74) is 3.14. The zero-order chi connectivity index (χ0) is 12.5. The highest BCUT2D eigenvalue weighted by molar-refractivity contribution is 9.10. The number of imidazole rings is 1. The molecule has 0 aliphatic rings. The molecule has 0 spiro atoms. The van der Waals surface area contributed by atoms with Gasteiger partial charge < -0.3 is 4.40 Å². The van der Waals surface area contributed by atoms with Crippen LogP contribution in [0.2, 0.25) is 0 Å². The van der Waals surface area contributed by atoms with Crippen molar-refractivity contribution in [1.82, 2.24) is 14.4 Å². The van der Waals surface area contributed by atoms with Gasteiger partial charge >= 0.3 is 0 Å². The predicted octanol–water partition coefficient (Wildman–Crippen LogP) is 4.15. The SMILES string of the molecule is Cc1csc(SCc2cn3cc(Br)ccc3n2)n1. The molecular formula is C12H10BrN3S2. The monoisotopic (exact) mass is 339 g/mol. The number of thiazole rings is 1. The second-order valence-corrected chi connectivity index (χ2v) is 6.88. The van der Waals surface area contributed by atoms with Crippen LogP contribution in [0.15, 0.2) is 38.7 Å². The molecule has 6 heteroatoms. The van der Waals surface area contributed by atoms with E-state index in [4.69, 9.17) is 0 Å². The Hall–Kier alpha value is -0.850. The number of hydrogen-bond donors (Lipinski definition) is 0. The van der Waals surface area contributed by atoms with Gasteiger partial charge in [-0.1, -0.05) is 11.8 Å². The molecule has 18 heavy (non-hydrogen) atoms. The van der Waals surface area contributed by atoms with Crippen LogP contribution in [-0.2, 0) is 5.75 Å². The minimum atomic E-state index is 0.853. The molecule has 3 heterocycles. The number of fused-ring (bicyclic) bond motifs is 1. The quantitative estimate of drug-likeness (QED) is 0.671. The van der Waals surface area contributed by atoms with E-state index >= 15 is 0 Å². The van der Waals surface area contributed by atoms with E-state index in [1.54, 1.807) is 23.1 Å². The lowest BCUT2D eigenvalue weighted by Crippen LogP contribution is -1.80. The molecule has 3 rings (SSSR count). The Kier molecular flexibility index (Phi) is 3.41. The Morgan fingerprint density at radius 1 is 1.33 bits per heavy atom. The number of rotatable bonds is 3. The van der Waals surface area contributed by atoms with Crippen LogP contribution in [0.3, 0.4) is 0 Å². The number of halogens is 1. The number of hydrogen-bond acceptors (Lipinski definition) is 4. The van der Waals surface area contributed by atoms with E-state index in [9.17, 15) is 0 Å². The second-order valence-electron chi connectivity index (χ2n) is 3.89. The molecule has 0 saturated carbocycles. The Labute approximate surface area is 121 Å². The number of nitrogens with zero attached hydrogens (tertiary/aromatic N) is 3. The van der Waals surface area contributed by atoms with Crippen molar-refractivity contribution in [1.29, 1.82) is 0 Å². The van der Waals surface area contributed by atoms with Gasteiger partial charge in [0.15, 0.2) is 0 Å². The number of pyridine rings is 1. The third-order valence-electron chi connectivity index (χ3n) is 2.41. The smallest absolute Gasteiger partial charge is 0.150 e. The maximum atomic E-state index is 4.57. The summed E-state index contributed by atoms with van der Waals surface area (Å²) in [6.07, 6.45) is 4.08. The highest BCUT2D eigenvalue weighted by Gasteiger charge is 2.05. The molecule has 3 aromatic rings. The minimum Gasteiger partial charge on any atom is -0.306 e. The van der Waals surface area contributed by atoms with Crippen molar-refractivity contribution in [3.8, 4) is 0 Å². The number of aryl methyl sites for hydroxylation is 1. The molecule has 0 aromatic carbocycles. The van der Waals surface area contributed by atoms with Gasteiger partial charge in [-0.15, -0.1) is 11.3 Å². The van der Waals surface area contributed by atoms with Gasteiger partial charge in [0.05, 0.1) is 5.69 Å². The van der Waals surface area contributed by atoms with Crippen LogP contribution in [0.4, 0.5) is 0 Å². The van der Waals surface area contributed by atoms with E-state index in [2.05, 4.69) is 37.5 Å². The Morgan fingerprint density at radius 3 is 3.00 bits per heavy atom. The van der Waals surface area contributed by atoms with Crippen LogP contribution < -0.4 is 0 Å². The average Bonchev–Trinajstić information content (AvgIpc) is 2.92. The molecule has 0 fully saturated rings. The van der Waals surface area contributed by atoms with Crippen molar-refractivity contribution in [2.75, 3.05) is 0 Å². The molecule has 3 nitrogen and oxygen atoms in total. The van der Waals surface area contributed by atoms with Crippen LogP contribution >= 0.6 is 39.0 Å². The van der Waals surface area contributed by atoms with E-state index in [0.717, 1.165) is 31.6 Å². The molecule has 0 amide bonds. The maximum absolute atomic E-state index is 4.57. The third kappa shape index (κ3) is 2.60. The van der Waals surface area contributed by atoms with Crippen molar-refractivity contribution in [3.63, 3.8) is 0 Å². The molecule has 0 atom stereocenters. The zero-order valence-electron chi connectivity index (χ0n) is 9.63. The molecule has 0 unspecified atom stereocenters. The fraction of sp³-hybridized carbons (Fsp3) is 0.167. The topological polar surface area (TPSA) is 30.2 Å². The summed E-state index contributed by atoms with van der Waals surface area (Å²) >= 11 is 6.88. The van der Waals surface area contributed by atoms with Crippen molar-refractivity contribution in [2.45, 2.75) is 17.0 Å². The number of thioether (sulfide) groups is 1. The molecule has 0 saturated heterocycles. The van der Waals surface area contributed by atoms with Gasteiger partial charge in [0.1, 0.15) is 9.99 Å². The lowest BCUT2D eigenvalue weighted by Gasteiger charge is -1.92. The molecule has 3 aromatic heterocycles. The van der Waals surface area contributed by atoms with E-state index in [1.165, 1.54) is 0 Å². The molecule has 0 radical (unpaired) electrons. The lowest BCUT2D eigenvalue weighted by atomic mass is 10.5. The van der Waals surface area contributed by atoms with Gasteiger partial charge in [0, 0.05) is 33.7 Å². The fourth-order valence-corrected chi connectivity index (χ4v) is 3.71. The average molecular weight is 340 g/mol. The molecule has 0 aliphatic carbocycles. The summed E-state index contributed by atoms with van der Waals surface area (Å²) in [5.74, 6) is 0.853. The lowest BCUT2D eigenvalue weighted by molar-refractivity contribution is 1.15. The standard InChI is InChI=1S/C12H10BrN3S2/c1-8-6-17-12(14-8)18-7-10-5-16-4-9(13)2-3-11(16)15-10/h2-6H,7H2,1H3. The van der Waals surface area contributed by atoms with Crippen molar-refractivity contribution in [3.05, 3.63) is 45.8 Å². The van der Waals surface area contributed by atoms with E-state index < -0.39 is 0 Å². The van der Waals surface area contributed by atoms with Gasteiger partial charge in [0.2, 0.25) is 0 Å².